The van der Waals surface area contributed by atoms with E-state index in [2.05, 4.69) is 10.6 Å². The first-order valence-corrected chi connectivity index (χ1v) is 7.15. The molecule has 0 aliphatic rings. The molecular weight excluding hydrogens is 301 g/mol. The second-order valence-corrected chi connectivity index (χ2v) is 5.07. The van der Waals surface area contributed by atoms with E-state index in [1.807, 2.05) is 0 Å². The molecule has 2 rings (SSSR count). The van der Waals surface area contributed by atoms with Gasteiger partial charge in [0.1, 0.15) is 5.82 Å². The summed E-state index contributed by atoms with van der Waals surface area (Å²) in [6.07, 6.45) is 0.537. The molecule has 0 bridgehead atoms. The normalized spacial score (nSPS) is 10.0. The molecular formula is C16H16FN3OS. The number of halogens is 1. The van der Waals surface area contributed by atoms with Crippen molar-refractivity contribution in [2.24, 2.45) is 5.73 Å². The van der Waals surface area contributed by atoms with Gasteiger partial charge in [-0.25, -0.2) is 4.39 Å². The first kappa shape index (κ1) is 15.9. The monoisotopic (exact) mass is 317 g/mol. The second kappa shape index (κ2) is 7.51. The maximum absolute atomic E-state index is 13.4. The van der Waals surface area contributed by atoms with Crippen LogP contribution in [0.15, 0.2) is 48.5 Å². The number of rotatable bonds is 5. The summed E-state index contributed by atoms with van der Waals surface area (Å²) < 4.78 is 13.4. The Morgan fingerprint density at radius 2 is 1.82 bits per heavy atom. The molecule has 22 heavy (non-hydrogen) atoms. The van der Waals surface area contributed by atoms with Crippen molar-refractivity contribution in [3.8, 4) is 0 Å². The minimum absolute atomic E-state index is 0.217. The van der Waals surface area contributed by atoms with Crippen LogP contribution in [0.3, 0.4) is 0 Å². The third kappa shape index (κ3) is 4.53. The minimum atomic E-state index is -0.475. The Morgan fingerprint density at radius 3 is 2.45 bits per heavy atom. The zero-order chi connectivity index (χ0) is 15.9. The number of hydrogen-bond acceptors (Lipinski definition) is 2. The van der Waals surface area contributed by atoms with Gasteiger partial charge in [-0.1, -0.05) is 18.2 Å². The fourth-order valence-electron chi connectivity index (χ4n) is 1.90. The quantitative estimate of drug-likeness (QED) is 0.741. The van der Waals surface area contributed by atoms with Crippen LogP contribution in [0.25, 0.3) is 0 Å². The van der Waals surface area contributed by atoms with Gasteiger partial charge in [-0.2, -0.15) is 0 Å². The smallest absolute Gasteiger partial charge is 0.248 e. The molecule has 0 radical (unpaired) electrons. The van der Waals surface area contributed by atoms with E-state index in [-0.39, 0.29) is 5.82 Å². The fraction of sp³-hybridized carbons (Fsp3) is 0.125. The fourth-order valence-corrected chi connectivity index (χ4v) is 2.12. The molecule has 0 fully saturated rings. The summed E-state index contributed by atoms with van der Waals surface area (Å²) in [7, 11) is 0. The Kier molecular flexibility index (Phi) is 5.43. The number of thiocarbonyl (C=S) groups is 1. The van der Waals surface area contributed by atoms with Gasteiger partial charge in [-0.15, -0.1) is 0 Å². The SMILES string of the molecule is NC(=O)c1ccc(NC(=S)NCCc2ccccc2F)cc1. The van der Waals surface area contributed by atoms with Crippen molar-refractivity contribution < 1.29 is 9.18 Å². The highest BCUT2D eigenvalue weighted by Gasteiger charge is 2.03. The van der Waals surface area contributed by atoms with Crippen molar-refractivity contribution in [1.82, 2.24) is 5.32 Å². The highest BCUT2D eigenvalue weighted by Crippen LogP contribution is 2.09. The lowest BCUT2D eigenvalue weighted by atomic mass is 10.1. The van der Waals surface area contributed by atoms with Crippen molar-refractivity contribution in [3.05, 3.63) is 65.5 Å². The lowest BCUT2D eigenvalue weighted by molar-refractivity contribution is 0.100. The van der Waals surface area contributed by atoms with E-state index in [4.69, 9.17) is 18.0 Å². The van der Waals surface area contributed by atoms with Crippen LogP contribution in [0.5, 0.6) is 0 Å². The molecule has 0 unspecified atom stereocenters. The maximum atomic E-state index is 13.4. The van der Waals surface area contributed by atoms with Gasteiger partial charge in [0, 0.05) is 17.8 Å². The van der Waals surface area contributed by atoms with Crippen LogP contribution in [-0.4, -0.2) is 17.6 Å². The molecule has 1 amide bonds. The topological polar surface area (TPSA) is 67.2 Å². The van der Waals surface area contributed by atoms with E-state index in [9.17, 15) is 9.18 Å². The molecule has 0 saturated carbocycles. The molecule has 2 aromatic rings. The summed E-state index contributed by atoms with van der Waals surface area (Å²) in [5, 5.41) is 6.42. The molecule has 2 aromatic carbocycles. The second-order valence-electron chi connectivity index (χ2n) is 4.66. The highest BCUT2D eigenvalue weighted by molar-refractivity contribution is 7.80. The summed E-state index contributed by atoms with van der Waals surface area (Å²) in [6.45, 7) is 0.520. The third-order valence-corrected chi connectivity index (χ3v) is 3.31. The Hall–Kier alpha value is -2.47. The van der Waals surface area contributed by atoms with Crippen molar-refractivity contribution in [2.45, 2.75) is 6.42 Å². The van der Waals surface area contributed by atoms with E-state index in [0.717, 1.165) is 5.69 Å². The number of hydrogen-bond donors (Lipinski definition) is 3. The zero-order valence-electron chi connectivity index (χ0n) is 11.8. The Bertz CT molecular complexity index is 673. The number of anilines is 1. The van der Waals surface area contributed by atoms with Crippen LogP contribution >= 0.6 is 12.2 Å². The molecule has 0 saturated heterocycles. The van der Waals surface area contributed by atoms with Crippen molar-refractivity contribution in [2.75, 3.05) is 11.9 Å². The Labute approximate surface area is 133 Å². The van der Waals surface area contributed by atoms with Crippen LogP contribution in [-0.2, 0) is 6.42 Å². The number of benzene rings is 2. The van der Waals surface area contributed by atoms with Gasteiger partial charge in [-0.3, -0.25) is 4.79 Å². The largest absolute Gasteiger partial charge is 0.366 e. The van der Waals surface area contributed by atoms with Crippen molar-refractivity contribution >= 4 is 28.9 Å². The number of nitrogens with two attached hydrogens (primary N) is 1. The van der Waals surface area contributed by atoms with Crippen molar-refractivity contribution in [1.29, 1.82) is 0 Å². The maximum Gasteiger partial charge on any atom is 0.248 e. The number of nitrogens with one attached hydrogen (secondary N) is 2. The minimum Gasteiger partial charge on any atom is -0.366 e. The van der Waals surface area contributed by atoms with Crippen LogP contribution < -0.4 is 16.4 Å². The standard InChI is InChI=1S/C16H16FN3OS/c17-14-4-2-1-3-11(14)9-10-19-16(22)20-13-7-5-12(6-8-13)15(18)21/h1-8H,9-10H2,(H2,18,21)(H2,19,20,22). The van der Waals surface area contributed by atoms with E-state index in [0.29, 0.717) is 29.2 Å². The van der Waals surface area contributed by atoms with Gasteiger partial charge in [0.2, 0.25) is 5.91 Å². The van der Waals surface area contributed by atoms with Crippen LogP contribution in [0.2, 0.25) is 0 Å². The first-order chi connectivity index (χ1) is 10.6. The molecule has 0 atom stereocenters. The zero-order valence-corrected chi connectivity index (χ0v) is 12.6. The average Bonchev–Trinajstić information content (AvgIpc) is 2.50. The summed E-state index contributed by atoms with van der Waals surface area (Å²) in [4.78, 5) is 11.0. The van der Waals surface area contributed by atoms with Gasteiger partial charge < -0.3 is 16.4 Å². The van der Waals surface area contributed by atoms with Gasteiger partial charge in [0.05, 0.1) is 0 Å². The number of carbonyl (C=O) groups excluding carboxylic acids is 1. The lowest BCUT2D eigenvalue weighted by Crippen LogP contribution is -2.30. The summed E-state index contributed by atoms with van der Waals surface area (Å²) in [5.74, 6) is -0.692. The molecule has 0 aliphatic heterocycles. The van der Waals surface area contributed by atoms with E-state index < -0.39 is 5.91 Å². The molecule has 114 valence electrons. The number of amides is 1. The summed E-state index contributed by atoms with van der Waals surface area (Å²) in [5.41, 5.74) is 6.99. The van der Waals surface area contributed by atoms with Gasteiger partial charge in [0.15, 0.2) is 5.11 Å². The van der Waals surface area contributed by atoms with Crippen LogP contribution in [0.4, 0.5) is 10.1 Å². The lowest BCUT2D eigenvalue weighted by Gasteiger charge is -2.11. The molecule has 4 N–H and O–H groups in total. The van der Waals surface area contributed by atoms with Gasteiger partial charge in [-0.05, 0) is 54.5 Å². The highest BCUT2D eigenvalue weighted by atomic mass is 32.1. The molecule has 0 heterocycles. The van der Waals surface area contributed by atoms with Crippen LogP contribution in [0, 0.1) is 5.82 Å². The Morgan fingerprint density at radius 1 is 1.14 bits per heavy atom. The molecule has 0 aliphatic carbocycles. The van der Waals surface area contributed by atoms with Gasteiger partial charge >= 0.3 is 0 Å². The molecule has 6 heteroatoms. The molecule has 4 nitrogen and oxygen atoms in total. The Balaban J connectivity index is 1.80. The predicted molar refractivity (Wildman–Crippen MR) is 89.3 cm³/mol. The number of primary amides is 1. The summed E-state index contributed by atoms with van der Waals surface area (Å²) >= 11 is 5.16. The predicted octanol–water partition coefficient (Wildman–Crippen LogP) is 2.45. The summed E-state index contributed by atoms with van der Waals surface area (Å²) in [6, 6.07) is 13.3. The van der Waals surface area contributed by atoms with Crippen molar-refractivity contribution in [3.63, 3.8) is 0 Å². The number of carbonyl (C=O) groups is 1. The molecule has 0 aromatic heterocycles. The average molecular weight is 317 g/mol. The van der Waals surface area contributed by atoms with E-state index >= 15 is 0 Å². The van der Waals surface area contributed by atoms with Crippen LogP contribution in [0.1, 0.15) is 15.9 Å². The van der Waals surface area contributed by atoms with E-state index in [1.54, 1.807) is 42.5 Å². The first-order valence-electron chi connectivity index (χ1n) is 6.74. The van der Waals surface area contributed by atoms with Gasteiger partial charge in [0.25, 0.3) is 0 Å². The van der Waals surface area contributed by atoms with E-state index in [1.165, 1.54) is 6.07 Å². The molecule has 0 spiro atoms. The third-order valence-electron chi connectivity index (χ3n) is 3.07.